The minimum atomic E-state index is -3.78. The van der Waals surface area contributed by atoms with Crippen LogP contribution < -0.4 is 0 Å². The van der Waals surface area contributed by atoms with Crippen LogP contribution in [-0.4, -0.2) is 40.8 Å². The number of hydrogen-bond donors (Lipinski definition) is 0. The molecule has 0 saturated carbocycles. The summed E-state index contributed by atoms with van der Waals surface area (Å²) in [5.41, 5.74) is 0.978. The minimum absolute atomic E-state index is 0.0802. The number of carbonyl (C=O) groups is 1. The van der Waals surface area contributed by atoms with Gasteiger partial charge in [0.25, 0.3) is 10.1 Å². The quantitative estimate of drug-likeness (QED) is 0.100. The van der Waals surface area contributed by atoms with Crippen LogP contribution in [0.1, 0.15) is 102 Å². The largest absolute Gasteiger partial charge is 0.463 e. The van der Waals surface area contributed by atoms with Crippen LogP contribution in [0.25, 0.3) is 0 Å². The Balaban J connectivity index is 1.87. The summed E-state index contributed by atoms with van der Waals surface area (Å²) in [4.78, 5) is 11.9. The Bertz CT molecular complexity index is 730. The van der Waals surface area contributed by atoms with Crippen molar-refractivity contribution in [2.24, 2.45) is 0 Å². The molecule has 1 aromatic carbocycles. The molecule has 0 spiro atoms. The van der Waals surface area contributed by atoms with Gasteiger partial charge < -0.3 is 9.47 Å². The van der Waals surface area contributed by atoms with E-state index in [1.54, 1.807) is 12.1 Å². The van der Waals surface area contributed by atoms with Crippen LogP contribution in [0.5, 0.6) is 0 Å². The second-order valence-corrected chi connectivity index (χ2v) is 10.5. The molecule has 0 saturated heterocycles. The molecule has 0 aromatic heterocycles. The van der Waals surface area contributed by atoms with E-state index in [1.165, 1.54) is 82.8 Å². The van der Waals surface area contributed by atoms with Gasteiger partial charge in [0.2, 0.25) is 0 Å². The summed E-state index contributed by atoms with van der Waals surface area (Å²) >= 11 is 0. The Kier molecular flexibility index (Phi) is 17.8. The van der Waals surface area contributed by atoms with Gasteiger partial charge in [0.1, 0.15) is 6.61 Å². The Morgan fingerprint density at radius 3 is 1.76 bits per heavy atom. The molecular formula is C27H46O6S. The normalized spacial score (nSPS) is 11.6. The maximum atomic E-state index is 12.0. The first-order valence-corrected chi connectivity index (χ1v) is 14.6. The highest BCUT2D eigenvalue weighted by molar-refractivity contribution is 7.86. The molecule has 0 N–H and O–H groups in total. The molecule has 0 amide bonds. The van der Waals surface area contributed by atoms with Gasteiger partial charge in [-0.2, -0.15) is 8.42 Å². The number of aryl methyl sites for hydroxylation is 1. The van der Waals surface area contributed by atoms with E-state index in [0.717, 1.165) is 18.4 Å². The number of ether oxygens (including phenoxy) is 2. The van der Waals surface area contributed by atoms with Crippen molar-refractivity contribution in [3.05, 3.63) is 29.8 Å². The molecular weight excluding hydrogens is 452 g/mol. The van der Waals surface area contributed by atoms with Gasteiger partial charge in [-0.3, -0.25) is 8.98 Å². The highest BCUT2D eigenvalue weighted by atomic mass is 32.2. The summed E-state index contributed by atoms with van der Waals surface area (Å²) in [6, 6.07) is 6.47. The molecule has 34 heavy (non-hydrogen) atoms. The van der Waals surface area contributed by atoms with E-state index in [0.29, 0.717) is 6.42 Å². The Morgan fingerprint density at radius 2 is 1.21 bits per heavy atom. The second kappa shape index (κ2) is 19.8. The lowest BCUT2D eigenvalue weighted by Gasteiger charge is -2.08. The third-order valence-corrected chi connectivity index (χ3v) is 7.08. The minimum Gasteiger partial charge on any atom is -0.463 e. The van der Waals surface area contributed by atoms with E-state index in [9.17, 15) is 13.2 Å². The zero-order valence-electron chi connectivity index (χ0n) is 21.4. The predicted molar refractivity (Wildman–Crippen MR) is 136 cm³/mol. The summed E-state index contributed by atoms with van der Waals surface area (Å²) in [7, 11) is -3.78. The summed E-state index contributed by atoms with van der Waals surface area (Å²) < 4.78 is 39.5. The molecule has 1 rings (SSSR count). The molecule has 0 aliphatic heterocycles. The first-order chi connectivity index (χ1) is 16.5. The predicted octanol–water partition coefficient (Wildman–Crippen LogP) is 6.74. The van der Waals surface area contributed by atoms with Crippen molar-refractivity contribution in [3.8, 4) is 0 Å². The summed E-state index contributed by atoms with van der Waals surface area (Å²) in [6.07, 6.45) is 17.0. The first-order valence-electron chi connectivity index (χ1n) is 13.1. The smallest absolute Gasteiger partial charge is 0.305 e. The number of hydrogen-bond acceptors (Lipinski definition) is 6. The van der Waals surface area contributed by atoms with Crippen LogP contribution in [0.4, 0.5) is 0 Å². The molecule has 0 fully saturated rings. The molecule has 0 radical (unpaired) electrons. The SMILES string of the molecule is CCCCCCCCCCCCCCCC(=O)OCCOCCOS(=O)(=O)c1ccc(C)cc1. The number of rotatable bonds is 22. The van der Waals surface area contributed by atoms with Crippen molar-refractivity contribution < 1.29 is 26.9 Å². The van der Waals surface area contributed by atoms with Crippen LogP contribution in [0.3, 0.4) is 0 Å². The fourth-order valence-corrected chi connectivity index (χ4v) is 4.54. The molecule has 0 unspecified atom stereocenters. The fourth-order valence-electron chi connectivity index (χ4n) is 3.65. The molecule has 0 atom stereocenters. The van der Waals surface area contributed by atoms with Crippen LogP contribution in [-0.2, 0) is 28.6 Å². The van der Waals surface area contributed by atoms with E-state index < -0.39 is 10.1 Å². The summed E-state index contributed by atoms with van der Waals surface area (Å²) in [5.74, 6) is -0.204. The van der Waals surface area contributed by atoms with Gasteiger partial charge in [-0.1, -0.05) is 102 Å². The van der Waals surface area contributed by atoms with Crippen molar-refractivity contribution in [2.45, 2.75) is 109 Å². The molecule has 0 aliphatic rings. The van der Waals surface area contributed by atoms with Gasteiger partial charge in [0.05, 0.1) is 24.7 Å². The number of esters is 1. The summed E-state index contributed by atoms with van der Waals surface area (Å²) in [6.45, 7) is 4.56. The van der Waals surface area contributed by atoms with E-state index in [4.69, 9.17) is 13.7 Å². The topological polar surface area (TPSA) is 78.9 Å². The molecule has 1 aromatic rings. The van der Waals surface area contributed by atoms with Gasteiger partial charge in [-0.25, -0.2) is 0 Å². The van der Waals surface area contributed by atoms with Crippen LogP contribution in [0.2, 0.25) is 0 Å². The molecule has 0 heterocycles. The van der Waals surface area contributed by atoms with E-state index in [1.807, 2.05) is 6.92 Å². The van der Waals surface area contributed by atoms with E-state index in [2.05, 4.69) is 6.92 Å². The number of carbonyl (C=O) groups excluding carboxylic acids is 1. The lowest BCUT2D eigenvalue weighted by atomic mass is 10.0. The lowest BCUT2D eigenvalue weighted by molar-refractivity contribution is -0.145. The molecule has 7 heteroatoms. The Labute approximate surface area is 207 Å². The van der Waals surface area contributed by atoms with Crippen LogP contribution in [0.15, 0.2) is 29.2 Å². The van der Waals surface area contributed by atoms with Crippen molar-refractivity contribution in [1.82, 2.24) is 0 Å². The van der Waals surface area contributed by atoms with E-state index >= 15 is 0 Å². The van der Waals surface area contributed by atoms with Crippen molar-refractivity contribution in [1.29, 1.82) is 0 Å². The molecule has 6 nitrogen and oxygen atoms in total. The van der Waals surface area contributed by atoms with Gasteiger partial charge in [-0.05, 0) is 25.5 Å². The third kappa shape index (κ3) is 16.2. The van der Waals surface area contributed by atoms with Gasteiger partial charge in [0, 0.05) is 6.42 Å². The standard InChI is InChI=1S/C27H46O6S/c1-3-4-5-6-7-8-9-10-11-12-13-14-15-16-27(28)32-23-21-31-22-24-33-34(29,30)26-19-17-25(2)18-20-26/h17-20H,3-16,21-24H2,1-2H3. The second-order valence-electron chi connectivity index (χ2n) is 8.91. The average molecular weight is 499 g/mol. The van der Waals surface area contributed by atoms with Gasteiger partial charge in [0.15, 0.2) is 0 Å². The first kappa shape index (κ1) is 30.6. The maximum Gasteiger partial charge on any atom is 0.305 e. The van der Waals surface area contributed by atoms with Crippen LogP contribution >= 0.6 is 0 Å². The van der Waals surface area contributed by atoms with Crippen LogP contribution in [0, 0.1) is 6.92 Å². The summed E-state index contributed by atoms with van der Waals surface area (Å²) in [5, 5.41) is 0. The van der Waals surface area contributed by atoms with Gasteiger partial charge in [-0.15, -0.1) is 0 Å². The zero-order valence-corrected chi connectivity index (χ0v) is 22.2. The average Bonchev–Trinajstić information content (AvgIpc) is 2.81. The molecule has 196 valence electrons. The highest BCUT2D eigenvalue weighted by Gasteiger charge is 2.14. The Morgan fingerprint density at radius 1 is 0.706 bits per heavy atom. The van der Waals surface area contributed by atoms with Crippen molar-refractivity contribution >= 4 is 16.1 Å². The fraction of sp³-hybridized carbons (Fsp3) is 0.741. The lowest BCUT2D eigenvalue weighted by Crippen LogP contribution is -2.15. The Hall–Kier alpha value is -1.44. The molecule has 0 aliphatic carbocycles. The maximum absolute atomic E-state index is 12.0. The van der Waals surface area contributed by atoms with E-state index in [-0.39, 0.29) is 37.3 Å². The van der Waals surface area contributed by atoms with Crippen molar-refractivity contribution in [2.75, 3.05) is 26.4 Å². The van der Waals surface area contributed by atoms with Gasteiger partial charge >= 0.3 is 5.97 Å². The van der Waals surface area contributed by atoms with Crippen molar-refractivity contribution in [3.63, 3.8) is 0 Å². The monoisotopic (exact) mass is 498 g/mol. The zero-order chi connectivity index (χ0) is 24.9. The number of unbranched alkanes of at least 4 members (excludes halogenated alkanes) is 12. The third-order valence-electron chi connectivity index (χ3n) is 5.75. The number of benzene rings is 1. The highest BCUT2D eigenvalue weighted by Crippen LogP contribution is 2.14. The molecule has 0 bridgehead atoms.